The van der Waals surface area contributed by atoms with Crippen LogP contribution < -0.4 is 11.1 Å². The number of aromatic nitrogens is 1. The first kappa shape index (κ1) is 24.2. The Labute approximate surface area is 188 Å². The van der Waals surface area contributed by atoms with Crippen molar-refractivity contribution in [3.8, 4) is 0 Å². The molecule has 166 valence electrons. The summed E-state index contributed by atoms with van der Waals surface area (Å²) in [5, 5.41) is 2.48. The molecular formula is C17H24Cl2N6O4S. The summed E-state index contributed by atoms with van der Waals surface area (Å²) in [6.07, 6.45) is 1.19. The van der Waals surface area contributed by atoms with Gasteiger partial charge in [-0.2, -0.15) is 4.37 Å². The van der Waals surface area contributed by atoms with Gasteiger partial charge in [-0.05, 0) is 18.0 Å². The van der Waals surface area contributed by atoms with Crippen LogP contribution in [0.25, 0.3) is 0 Å². The lowest BCUT2D eigenvalue weighted by Gasteiger charge is -2.37. The van der Waals surface area contributed by atoms with Gasteiger partial charge < -0.3 is 25.8 Å². The smallest absolute Gasteiger partial charge is 0.312 e. The number of piperazine rings is 1. The van der Waals surface area contributed by atoms with Crippen LogP contribution in [0.15, 0.2) is 0 Å². The van der Waals surface area contributed by atoms with Gasteiger partial charge in [-0.3, -0.25) is 14.4 Å². The van der Waals surface area contributed by atoms with Crippen LogP contribution in [0.3, 0.4) is 0 Å². The molecule has 0 unspecified atom stereocenters. The summed E-state index contributed by atoms with van der Waals surface area (Å²) in [6, 6.07) is -1.42. The van der Waals surface area contributed by atoms with E-state index in [0.717, 1.165) is 11.5 Å². The maximum Gasteiger partial charge on any atom is 0.312 e. The molecule has 5 amide bonds. The quantitative estimate of drug-likeness (QED) is 0.604. The molecule has 10 nitrogen and oxygen atoms in total. The second kappa shape index (κ2) is 10.8. The molecule has 2 heterocycles. The molecule has 0 radical (unpaired) electrons. The normalized spacial score (nSPS) is 14.9. The number of nitrogens with zero attached hydrogens (tertiary/aromatic N) is 4. The van der Waals surface area contributed by atoms with Crippen molar-refractivity contribution in [2.45, 2.75) is 25.8 Å². The van der Waals surface area contributed by atoms with Gasteiger partial charge in [0.2, 0.25) is 11.8 Å². The van der Waals surface area contributed by atoms with Crippen LogP contribution in [-0.4, -0.2) is 88.6 Å². The first-order chi connectivity index (χ1) is 14.1. The molecule has 1 saturated heterocycles. The second-order valence-electron chi connectivity index (χ2n) is 6.84. The Morgan fingerprint density at radius 2 is 1.80 bits per heavy atom. The van der Waals surface area contributed by atoms with Gasteiger partial charge in [0.15, 0.2) is 5.15 Å². The van der Waals surface area contributed by atoms with E-state index in [4.69, 9.17) is 28.9 Å². The zero-order valence-electron chi connectivity index (χ0n) is 16.7. The highest BCUT2D eigenvalue weighted by atomic mass is 35.5. The van der Waals surface area contributed by atoms with Crippen LogP contribution in [0.5, 0.6) is 0 Å². The summed E-state index contributed by atoms with van der Waals surface area (Å²) in [4.78, 5) is 53.3. The van der Waals surface area contributed by atoms with Gasteiger partial charge in [-0.15, -0.1) is 0 Å². The zero-order valence-corrected chi connectivity index (χ0v) is 19.0. The topological polar surface area (TPSA) is 129 Å². The van der Waals surface area contributed by atoms with E-state index in [2.05, 4.69) is 9.69 Å². The lowest BCUT2D eigenvalue weighted by Crippen LogP contribution is -2.57. The molecule has 0 aromatic carbocycles. The van der Waals surface area contributed by atoms with Crippen molar-refractivity contribution in [2.24, 2.45) is 5.73 Å². The predicted octanol–water partition coefficient (Wildman–Crippen LogP) is 1.03. The Bertz CT molecular complexity index is 793. The van der Waals surface area contributed by atoms with Gasteiger partial charge in [0, 0.05) is 33.2 Å². The standard InChI is InChI=1S/C17H24Cl2N6O4S/c1-3-4-10(21-17(20)29)15(27)25-7-5-24(6-8-25)11(26)9-23(2)16(28)12-13(18)22-30-14(12)19/h10H,3-9H2,1-2H3,(H3,20,21,29)/t10-/m1/s1. The molecule has 0 spiro atoms. The highest BCUT2D eigenvalue weighted by Gasteiger charge is 2.30. The summed E-state index contributed by atoms with van der Waals surface area (Å²) in [6.45, 7) is 3.05. The van der Waals surface area contributed by atoms with Gasteiger partial charge in [0.1, 0.15) is 15.9 Å². The molecule has 13 heteroatoms. The fourth-order valence-corrected chi connectivity index (χ4v) is 4.29. The Balaban J connectivity index is 1.89. The Morgan fingerprint density at radius 3 is 2.30 bits per heavy atom. The van der Waals surface area contributed by atoms with Crippen LogP contribution in [0.2, 0.25) is 9.49 Å². The van der Waals surface area contributed by atoms with Crippen molar-refractivity contribution in [3.63, 3.8) is 0 Å². The van der Waals surface area contributed by atoms with Crippen LogP contribution >= 0.6 is 34.7 Å². The van der Waals surface area contributed by atoms with E-state index in [1.807, 2.05) is 6.92 Å². The number of halogens is 2. The van der Waals surface area contributed by atoms with E-state index in [0.29, 0.717) is 39.0 Å². The Morgan fingerprint density at radius 1 is 1.20 bits per heavy atom. The minimum absolute atomic E-state index is 0.00706. The highest BCUT2D eigenvalue weighted by Crippen LogP contribution is 2.28. The fraction of sp³-hybridized carbons (Fsp3) is 0.588. The summed E-state index contributed by atoms with van der Waals surface area (Å²) in [7, 11) is 1.48. The van der Waals surface area contributed by atoms with Gasteiger partial charge in [-0.1, -0.05) is 36.5 Å². The third kappa shape index (κ3) is 5.96. The summed E-state index contributed by atoms with van der Waals surface area (Å²) < 4.78 is 3.99. The molecule has 1 aliphatic heterocycles. The number of nitrogens with one attached hydrogen (secondary N) is 1. The number of likely N-dealkylation sites (N-methyl/N-ethyl adjacent to an activating group) is 1. The third-order valence-corrected chi connectivity index (χ3v) is 6.09. The first-order valence-corrected chi connectivity index (χ1v) is 10.9. The van der Waals surface area contributed by atoms with E-state index in [1.165, 1.54) is 11.9 Å². The van der Waals surface area contributed by atoms with Gasteiger partial charge >= 0.3 is 6.03 Å². The maximum absolute atomic E-state index is 12.6. The number of carbonyl (C=O) groups excluding carboxylic acids is 4. The third-order valence-electron chi connectivity index (χ3n) is 4.68. The number of rotatable bonds is 7. The number of amides is 5. The average Bonchev–Trinajstić information content (AvgIpc) is 3.04. The fourth-order valence-electron chi connectivity index (χ4n) is 3.10. The van der Waals surface area contributed by atoms with Crippen molar-refractivity contribution in [1.29, 1.82) is 0 Å². The molecule has 0 saturated carbocycles. The number of primary amides is 1. The minimum atomic E-state index is -0.746. The van der Waals surface area contributed by atoms with E-state index in [-0.39, 0.29) is 33.4 Å². The minimum Gasteiger partial charge on any atom is -0.352 e. The van der Waals surface area contributed by atoms with Crippen LogP contribution in [0.4, 0.5) is 4.79 Å². The lowest BCUT2D eigenvalue weighted by molar-refractivity contribution is -0.140. The summed E-state index contributed by atoms with van der Waals surface area (Å²) >= 11 is 12.8. The van der Waals surface area contributed by atoms with Crippen LogP contribution in [0.1, 0.15) is 30.1 Å². The maximum atomic E-state index is 12.6. The van der Waals surface area contributed by atoms with Crippen molar-refractivity contribution < 1.29 is 19.2 Å². The second-order valence-corrected chi connectivity index (χ2v) is 8.57. The molecule has 1 aromatic heterocycles. The monoisotopic (exact) mass is 478 g/mol. The molecular weight excluding hydrogens is 455 g/mol. The van der Waals surface area contributed by atoms with Crippen LogP contribution in [-0.2, 0) is 9.59 Å². The van der Waals surface area contributed by atoms with E-state index >= 15 is 0 Å². The predicted molar refractivity (Wildman–Crippen MR) is 114 cm³/mol. The lowest BCUT2D eigenvalue weighted by atomic mass is 10.1. The molecule has 0 aliphatic carbocycles. The molecule has 1 atom stereocenters. The van der Waals surface area contributed by atoms with Gasteiger partial charge in [0.25, 0.3) is 5.91 Å². The van der Waals surface area contributed by atoms with Crippen molar-refractivity contribution in [1.82, 2.24) is 24.4 Å². The SMILES string of the molecule is CCC[C@@H](NC(N)=O)C(=O)N1CCN(C(=O)CN(C)C(=O)c2c(Cl)nsc2Cl)CC1. The van der Waals surface area contributed by atoms with Gasteiger partial charge in [-0.25, -0.2) is 4.79 Å². The number of urea groups is 1. The number of carbonyl (C=O) groups is 4. The first-order valence-electron chi connectivity index (χ1n) is 9.34. The number of hydrogen-bond acceptors (Lipinski definition) is 6. The number of hydrogen-bond donors (Lipinski definition) is 2. The molecule has 1 fully saturated rings. The largest absolute Gasteiger partial charge is 0.352 e. The molecule has 1 aliphatic rings. The molecule has 0 bridgehead atoms. The molecule has 30 heavy (non-hydrogen) atoms. The van der Waals surface area contributed by atoms with E-state index in [1.54, 1.807) is 9.80 Å². The van der Waals surface area contributed by atoms with Crippen molar-refractivity contribution in [2.75, 3.05) is 39.8 Å². The Hall–Kier alpha value is -2.11. The summed E-state index contributed by atoms with van der Waals surface area (Å²) in [5.74, 6) is -0.959. The summed E-state index contributed by atoms with van der Waals surface area (Å²) in [5.41, 5.74) is 5.23. The molecule has 3 N–H and O–H groups in total. The van der Waals surface area contributed by atoms with Crippen molar-refractivity contribution >= 4 is 58.5 Å². The highest BCUT2D eigenvalue weighted by molar-refractivity contribution is 7.11. The van der Waals surface area contributed by atoms with E-state index in [9.17, 15) is 19.2 Å². The van der Waals surface area contributed by atoms with Gasteiger partial charge in [0.05, 0.1) is 6.54 Å². The number of nitrogens with two attached hydrogens (primary N) is 1. The van der Waals surface area contributed by atoms with Crippen LogP contribution in [0, 0.1) is 0 Å². The van der Waals surface area contributed by atoms with Crippen molar-refractivity contribution in [3.05, 3.63) is 15.1 Å². The molecule has 2 rings (SSSR count). The average molecular weight is 479 g/mol. The Kier molecular flexibility index (Phi) is 8.68. The van der Waals surface area contributed by atoms with E-state index < -0.39 is 18.0 Å². The zero-order chi connectivity index (χ0) is 22.4. The molecule has 1 aromatic rings.